The maximum absolute atomic E-state index is 12.7. The highest BCUT2D eigenvalue weighted by Crippen LogP contribution is 2.26. The van der Waals surface area contributed by atoms with Crippen LogP contribution in [0.25, 0.3) is 0 Å². The summed E-state index contributed by atoms with van der Waals surface area (Å²) in [5.74, 6) is -0.235. The van der Waals surface area contributed by atoms with Gasteiger partial charge in [0.15, 0.2) is 6.61 Å². The fourth-order valence-electron chi connectivity index (χ4n) is 1.98. The van der Waals surface area contributed by atoms with E-state index in [-0.39, 0.29) is 6.61 Å². The number of rotatable bonds is 5. The van der Waals surface area contributed by atoms with Crippen molar-refractivity contribution in [2.24, 2.45) is 0 Å². The molecule has 2 rings (SSSR count). The molecule has 0 spiro atoms. The third-order valence-corrected chi connectivity index (χ3v) is 3.08. The summed E-state index contributed by atoms with van der Waals surface area (Å²) in [5.41, 5.74) is -2.25. The molecule has 2 aromatic rings. The summed E-state index contributed by atoms with van der Waals surface area (Å²) in [6, 6.07) is 9.56. The molecule has 1 aromatic heterocycles. The smallest absolute Gasteiger partial charge is 0.421 e. The fraction of sp³-hybridized carbons (Fsp3) is 0.188. The minimum Gasteiger partial charge on any atom is -0.479 e. The van der Waals surface area contributed by atoms with E-state index in [9.17, 15) is 22.8 Å². The summed E-state index contributed by atoms with van der Waals surface area (Å²) in [4.78, 5) is 23.7. The summed E-state index contributed by atoms with van der Waals surface area (Å²) in [6.07, 6.45) is -3.67. The van der Waals surface area contributed by atoms with Crippen LogP contribution in [0.5, 0.6) is 5.75 Å². The van der Waals surface area contributed by atoms with Crippen LogP contribution >= 0.6 is 0 Å². The molecular formula is C16H12F3N3O3. The average Bonchev–Trinajstić information content (AvgIpc) is 2.55. The Bertz CT molecular complexity index is 852. The maximum atomic E-state index is 12.7. The predicted octanol–water partition coefficient (Wildman–Crippen LogP) is 2.41. The Kier molecular flexibility index (Phi) is 5.44. The number of nitrogens with one attached hydrogen (secondary N) is 1. The van der Waals surface area contributed by atoms with Gasteiger partial charge in [0.2, 0.25) is 5.91 Å². The van der Waals surface area contributed by atoms with Gasteiger partial charge in [-0.2, -0.15) is 18.4 Å². The third-order valence-electron chi connectivity index (χ3n) is 3.08. The van der Waals surface area contributed by atoms with Gasteiger partial charge < -0.3 is 14.6 Å². The number of hydrogen-bond donors (Lipinski definition) is 1. The van der Waals surface area contributed by atoms with Crippen LogP contribution < -0.4 is 15.6 Å². The molecule has 130 valence electrons. The van der Waals surface area contributed by atoms with Crippen LogP contribution in [0.15, 0.2) is 47.4 Å². The van der Waals surface area contributed by atoms with Gasteiger partial charge in [0, 0.05) is 11.9 Å². The first-order valence-corrected chi connectivity index (χ1v) is 6.97. The van der Waals surface area contributed by atoms with Crippen molar-refractivity contribution in [2.45, 2.75) is 12.7 Å². The normalized spacial score (nSPS) is 10.8. The van der Waals surface area contributed by atoms with E-state index in [0.717, 1.165) is 12.3 Å². The van der Waals surface area contributed by atoms with E-state index in [1.165, 1.54) is 24.3 Å². The van der Waals surface area contributed by atoms with Crippen molar-refractivity contribution in [1.29, 1.82) is 5.26 Å². The molecule has 0 unspecified atom stereocenters. The second-order valence-electron chi connectivity index (χ2n) is 4.87. The zero-order chi connectivity index (χ0) is 18.4. The molecule has 0 aliphatic heterocycles. The SMILES string of the molecule is N#CCOc1ccc(NC(=O)Cn2cccc(C(F)(F)F)c2=O)cc1. The van der Waals surface area contributed by atoms with Crippen molar-refractivity contribution in [1.82, 2.24) is 4.57 Å². The number of pyridine rings is 1. The molecule has 1 N–H and O–H groups in total. The van der Waals surface area contributed by atoms with Gasteiger partial charge in [0.25, 0.3) is 5.56 Å². The number of nitrogens with zero attached hydrogens (tertiary/aromatic N) is 2. The molecule has 0 radical (unpaired) electrons. The lowest BCUT2D eigenvalue weighted by atomic mass is 10.2. The molecule has 1 heterocycles. The van der Waals surface area contributed by atoms with Gasteiger partial charge in [-0.3, -0.25) is 9.59 Å². The molecule has 0 aliphatic carbocycles. The van der Waals surface area contributed by atoms with Crippen LogP contribution in [0.3, 0.4) is 0 Å². The molecule has 1 amide bonds. The van der Waals surface area contributed by atoms with E-state index in [2.05, 4.69) is 5.32 Å². The molecule has 0 bridgehead atoms. The van der Waals surface area contributed by atoms with E-state index in [1.54, 1.807) is 6.07 Å². The number of carbonyl (C=O) groups excluding carboxylic acids is 1. The number of amides is 1. The van der Waals surface area contributed by atoms with Gasteiger partial charge in [-0.25, -0.2) is 0 Å². The Morgan fingerprint density at radius 2 is 1.92 bits per heavy atom. The van der Waals surface area contributed by atoms with Crippen LogP contribution in [-0.4, -0.2) is 17.1 Å². The van der Waals surface area contributed by atoms with Crippen LogP contribution in [0, 0.1) is 11.3 Å². The molecule has 0 fully saturated rings. The summed E-state index contributed by atoms with van der Waals surface area (Å²) < 4.78 is 43.8. The molecule has 0 aliphatic rings. The molecule has 0 saturated carbocycles. The van der Waals surface area contributed by atoms with Gasteiger partial charge in [-0.1, -0.05) is 0 Å². The topological polar surface area (TPSA) is 84.1 Å². The van der Waals surface area contributed by atoms with Gasteiger partial charge in [0.1, 0.15) is 23.9 Å². The highest BCUT2D eigenvalue weighted by molar-refractivity contribution is 5.90. The number of ether oxygens (including phenoxy) is 1. The van der Waals surface area contributed by atoms with Crippen LogP contribution in [0.1, 0.15) is 5.56 Å². The lowest BCUT2D eigenvalue weighted by Gasteiger charge is -2.11. The first-order valence-electron chi connectivity index (χ1n) is 6.97. The molecule has 0 atom stereocenters. The second-order valence-corrected chi connectivity index (χ2v) is 4.87. The number of halogens is 3. The number of nitriles is 1. The number of benzene rings is 1. The highest BCUT2D eigenvalue weighted by Gasteiger charge is 2.34. The summed E-state index contributed by atoms with van der Waals surface area (Å²) in [6.45, 7) is -0.681. The zero-order valence-electron chi connectivity index (χ0n) is 12.7. The molecule has 6 nitrogen and oxygen atoms in total. The minimum atomic E-state index is -4.78. The molecule has 0 saturated heterocycles. The van der Waals surface area contributed by atoms with Gasteiger partial charge >= 0.3 is 6.18 Å². The van der Waals surface area contributed by atoms with Crippen molar-refractivity contribution in [3.05, 3.63) is 58.5 Å². The molecule has 25 heavy (non-hydrogen) atoms. The first-order chi connectivity index (χ1) is 11.8. The van der Waals surface area contributed by atoms with Crippen molar-refractivity contribution in [3.63, 3.8) is 0 Å². The fourth-order valence-corrected chi connectivity index (χ4v) is 1.98. The number of anilines is 1. The van der Waals surface area contributed by atoms with Crippen molar-refractivity contribution >= 4 is 11.6 Å². The number of hydrogen-bond acceptors (Lipinski definition) is 4. The van der Waals surface area contributed by atoms with Crippen LogP contribution in [0.2, 0.25) is 0 Å². The number of carbonyl (C=O) groups is 1. The second kappa shape index (κ2) is 7.53. The maximum Gasteiger partial charge on any atom is 0.421 e. The van der Waals surface area contributed by atoms with Crippen molar-refractivity contribution < 1.29 is 22.7 Å². The van der Waals surface area contributed by atoms with Gasteiger partial charge in [-0.05, 0) is 36.4 Å². The first kappa shape index (κ1) is 18.1. The standard InChI is InChI=1S/C16H12F3N3O3/c17-16(18,19)13-2-1-8-22(15(13)24)10-14(23)21-11-3-5-12(6-4-11)25-9-7-20/h1-6,8H,9-10H2,(H,21,23). The average molecular weight is 351 g/mol. The monoisotopic (exact) mass is 351 g/mol. The number of alkyl halides is 3. The summed E-state index contributed by atoms with van der Waals surface area (Å²) >= 11 is 0. The number of aromatic nitrogens is 1. The third kappa shape index (κ3) is 4.84. The van der Waals surface area contributed by atoms with E-state index in [4.69, 9.17) is 10.00 Å². The zero-order valence-corrected chi connectivity index (χ0v) is 12.7. The Morgan fingerprint density at radius 1 is 1.24 bits per heavy atom. The lowest BCUT2D eigenvalue weighted by molar-refractivity contribution is -0.139. The van der Waals surface area contributed by atoms with Crippen molar-refractivity contribution in [3.8, 4) is 11.8 Å². The van der Waals surface area contributed by atoms with Gasteiger partial charge in [-0.15, -0.1) is 0 Å². The lowest BCUT2D eigenvalue weighted by Crippen LogP contribution is -2.31. The predicted molar refractivity (Wildman–Crippen MR) is 81.9 cm³/mol. The van der Waals surface area contributed by atoms with E-state index in [0.29, 0.717) is 22.1 Å². The quantitative estimate of drug-likeness (QED) is 0.897. The Labute approximate surface area is 140 Å². The summed E-state index contributed by atoms with van der Waals surface area (Å²) in [5, 5.41) is 10.9. The molecule has 9 heteroatoms. The highest BCUT2D eigenvalue weighted by atomic mass is 19.4. The minimum absolute atomic E-state index is 0.121. The Hall–Kier alpha value is -3.28. The Balaban J connectivity index is 2.06. The van der Waals surface area contributed by atoms with Crippen LogP contribution in [-0.2, 0) is 17.5 Å². The van der Waals surface area contributed by atoms with Crippen molar-refractivity contribution in [2.75, 3.05) is 11.9 Å². The van der Waals surface area contributed by atoms with E-state index >= 15 is 0 Å². The molecule has 1 aromatic carbocycles. The van der Waals surface area contributed by atoms with Crippen LogP contribution in [0.4, 0.5) is 18.9 Å². The van der Waals surface area contributed by atoms with E-state index < -0.39 is 29.8 Å². The Morgan fingerprint density at radius 3 is 2.52 bits per heavy atom. The van der Waals surface area contributed by atoms with Gasteiger partial charge in [0.05, 0.1) is 0 Å². The molecular weight excluding hydrogens is 339 g/mol. The van der Waals surface area contributed by atoms with E-state index in [1.807, 2.05) is 0 Å². The summed E-state index contributed by atoms with van der Waals surface area (Å²) in [7, 11) is 0. The largest absolute Gasteiger partial charge is 0.479 e.